The lowest BCUT2D eigenvalue weighted by Crippen LogP contribution is -1.97. The van der Waals surface area contributed by atoms with Gasteiger partial charge in [0.05, 0.1) is 19.3 Å². The van der Waals surface area contributed by atoms with Crippen LogP contribution in [0.15, 0.2) is 24.3 Å². The first-order valence-electron chi connectivity index (χ1n) is 5.76. The molecule has 0 atom stereocenters. The summed E-state index contributed by atoms with van der Waals surface area (Å²) in [7, 11) is 1.54. The molecule has 19 heavy (non-hydrogen) atoms. The lowest BCUT2D eigenvalue weighted by molar-refractivity contribution is 0.0690. The number of carboxylic acids is 1. The van der Waals surface area contributed by atoms with Crippen molar-refractivity contribution in [1.82, 2.24) is 10.2 Å². The minimum Gasteiger partial charge on any atom is -0.496 e. The summed E-state index contributed by atoms with van der Waals surface area (Å²) >= 11 is 0. The van der Waals surface area contributed by atoms with Crippen LogP contribution in [0.4, 0.5) is 0 Å². The van der Waals surface area contributed by atoms with Crippen molar-refractivity contribution < 1.29 is 19.4 Å². The third-order valence-corrected chi connectivity index (χ3v) is 2.57. The van der Waals surface area contributed by atoms with Crippen molar-refractivity contribution in [2.75, 3.05) is 13.7 Å². The van der Waals surface area contributed by atoms with Crippen molar-refractivity contribution in [3.63, 3.8) is 0 Å². The van der Waals surface area contributed by atoms with Gasteiger partial charge in [0.15, 0.2) is 0 Å². The Morgan fingerprint density at radius 1 is 1.42 bits per heavy atom. The molecule has 0 saturated carbocycles. The fourth-order valence-electron chi connectivity index (χ4n) is 1.77. The maximum atomic E-state index is 10.9. The highest BCUT2D eigenvalue weighted by Crippen LogP contribution is 2.37. The number of nitrogens with one attached hydrogen (secondary N) is 1. The second kappa shape index (κ2) is 5.43. The van der Waals surface area contributed by atoms with Gasteiger partial charge in [-0.25, -0.2) is 4.79 Å². The van der Waals surface area contributed by atoms with Crippen molar-refractivity contribution in [3.05, 3.63) is 30.0 Å². The number of carbonyl (C=O) groups is 1. The number of methoxy groups -OCH3 is 1. The van der Waals surface area contributed by atoms with Crippen LogP contribution in [0.25, 0.3) is 11.3 Å². The maximum Gasteiger partial charge on any atom is 0.353 e. The number of hydrogen-bond acceptors (Lipinski definition) is 4. The monoisotopic (exact) mass is 262 g/mol. The van der Waals surface area contributed by atoms with Gasteiger partial charge >= 0.3 is 5.97 Å². The highest BCUT2D eigenvalue weighted by Gasteiger charge is 2.17. The molecule has 6 nitrogen and oxygen atoms in total. The molecule has 0 radical (unpaired) electrons. The number of rotatable bonds is 5. The predicted molar refractivity (Wildman–Crippen MR) is 68.7 cm³/mol. The summed E-state index contributed by atoms with van der Waals surface area (Å²) in [5.41, 5.74) is 1.12. The topological polar surface area (TPSA) is 84.4 Å². The van der Waals surface area contributed by atoms with Crippen molar-refractivity contribution in [2.45, 2.75) is 6.92 Å². The van der Waals surface area contributed by atoms with E-state index in [1.54, 1.807) is 25.3 Å². The molecule has 2 N–H and O–H groups in total. The van der Waals surface area contributed by atoms with E-state index in [1.165, 1.54) is 6.07 Å². The number of aromatic nitrogens is 2. The largest absolute Gasteiger partial charge is 0.496 e. The number of ether oxygens (including phenoxy) is 2. The van der Waals surface area contributed by atoms with Crippen LogP contribution >= 0.6 is 0 Å². The molecule has 0 amide bonds. The van der Waals surface area contributed by atoms with Crippen LogP contribution in [0.2, 0.25) is 0 Å². The highest BCUT2D eigenvalue weighted by molar-refractivity contribution is 5.88. The lowest BCUT2D eigenvalue weighted by atomic mass is 10.1. The van der Waals surface area contributed by atoms with Crippen LogP contribution in [-0.4, -0.2) is 35.0 Å². The summed E-state index contributed by atoms with van der Waals surface area (Å²) < 4.78 is 10.8. The smallest absolute Gasteiger partial charge is 0.353 e. The molecular weight excluding hydrogens is 248 g/mol. The van der Waals surface area contributed by atoms with E-state index in [0.717, 1.165) is 0 Å². The highest BCUT2D eigenvalue weighted by atomic mass is 16.5. The van der Waals surface area contributed by atoms with Gasteiger partial charge in [0, 0.05) is 0 Å². The maximum absolute atomic E-state index is 10.9. The zero-order chi connectivity index (χ0) is 13.8. The van der Waals surface area contributed by atoms with E-state index in [1.807, 2.05) is 6.92 Å². The van der Waals surface area contributed by atoms with Crippen molar-refractivity contribution in [2.24, 2.45) is 0 Å². The van der Waals surface area contributed by atoms with Crippen LogP contribution in [0.3, 0.4) is 0 Å². The molecular formula is C13H14N2O4. The second-order valence-electron chi connectivity index (χ2n) is 3.74. The number of carboxylic acid groups (broad SMARTS) is 1. The fourth-order valence-corrected chi connectivity index (χ4v) is 1.77. The minimum absolute atomic E-state index is 0.0170. The number of benzene rings is 1. The SMILES string of the molecule is CCOc1cccc(OC)c1-c1cc(C(=O)O)[nH]n1. The summed E-state index contributed by atoms with van der Waals surface area (Å²) in [5.74, 6) is 0.117. The van der Waals surface area contributed by atoms with E-state index in [2.05, 4.69) is 10.2 Å². The van der Waals surface area contributed by atoms with Gasteiger partial charge in [-0.15, -0.1) is 0 Å². The summed E-state index contributed by atoms with van der Waals surface area (Å²) in [6.07, 6.45) is 0. The molecule has 0 spiro atoms. The zero-order valence-corrected chi connectivity index (χ0v) is 10.6. The average Bonchev–Trinajstić information content (AvgIpc) is 2.88. The van der Waals surface area contributed by atoms with Crippen LogP contribution < -0.4 is 9.47 Å². The fraction of sp³-hybridized carbons (Fsp3) is 0.231. The van der Waals surface area contributed by atoms with Gasteiger partial charge in [0.2, 0.25) is 0 Å². The van der Waals surface area contributed by atoms with Gasteiger partial charge in [0.25, 0.3) is 0 Å². The summed E-state index contributed by atoms with van der Waals surface area (Å²) in [5, 5.41) is 15.4. The molecule has 0 unspecified atom stereocenters. The van der Waals surface area contributed by atoms with Gasteiger partial charge in [-0.05, 0) is 25.1 Å². The summed E-state index contributed by atoms with van der Waals surface area (Å²) in [6.45, 7) is 2.37. The van der Waals surface area contributed by atoms with Gasteiger partial charge in [-0.3, -0.25) is 5.10 Å². The number of aromatic amines is 1. The number of nitrogens with zero attached hydrogens (tertiary/aromatic N) is 1. The average molecular weight is 262 g/mol. The van der Waals surface area contributed by atoms with Gasteiger partial charge in [-0.1, -0.05) is 6.07 Å². The zero-order valence-electron chi connectivity index (χ0n) is 10.6. The Bertz CT molecular complexity index is 592. The second-order valence-corrected chi connectivity index (χ2v) is 3.74. The molecule has 0 bridgehead atoms. The number of aromatic carboxylic acids is 1. The first-order valence-corrected chi connectivity index (χ1v) is 5.76. The molecule has 2 aromatic rings. The Morgan fingerprint density at radius 2 is 2.16 bits per heavy atom. The first-order chi connectivity index (χ1) is 9.17. The Balaban J connectivity index is 2.54. The molecule has 2 rings (SSSR count). The number of hydrogen-bond donors (Lipinski definition) is 2. The third kappa shape index (κ3) is 2.52. The predicted octanol–water partition coefficient (Wildman–Crippen LogP) is 2.18. The number of H-pyrrole nitrogens is 1. The molecule has 0 saturated heterocycles. The van der Waals surface area contributed by atoms with Crippen molar-refractivity contribution >= 4 is 5.97 Å². The molecule has 1 aromatic heterocycles. The molecule has 1 aromatic carbocycles. The van der Waals surface area contributed by atoms with Gasteiger partial charge in [0.1, 0.15) is 22.9 Å². The van der Waals surface area contributed by atoms with E-state index in [9.17, 15) is 4.79 Å². The lowest BCUT2D eigenvalue weighted by Gasteiger charge is -2.12. The van der Waals surface area contributed by atoms with Crippen LogP contribution in [0, 0.1) is 0 Å². The minimum atomic E-state index is -1.06. The Labute approximate surface area is 110 Å². The van der Waals surface area contributed by atoms with E-state index in [0.29, 0.717) is 29.4 Å². The quantitative estimate of drug-likeness (QED) is 0.862. The molecule has 1 heterocycles. The molecule has 0 aliphatic rings. The molecule has 100 valence electrons. The van der Waals surface area contributed by atoms with Crippen LogP contribution in [0.5, 0.6) is 11.5 Å². The van der Waals surface area contributed by atoms with Crippen molar-refractivity contribution in [1.29, 1.82) is 0 Å². The molecule has 0 fully saturated rings. The van der Waals surface area contributed by atoms with Crippen molar-refractivity contribution in [3.8, 4) is 22.8 Å². The normalized spacial score (nSPS) is 10.2. The summed E-state index contributed by atoms with van der Waals surface area (Å²) in [6, 6.07) is 6.81. The van der Waals surface area contributed by atoms with Gasteiger partial charge in [-0.2, -0.15) is 5.10 Å². The Kier molecular flexibility index (Phi) is 3.70. The summed E-state index contributed by atoms with van der Waals surface area (Å²) in [4.78, 5) is 10.9. The van der Waals surface area contributed by atoms with Gasteiger partial charge < -0.3 is 14.6 Å². The van der Waals surface area contributed by atoms with Crippen LogP contribution in [0.1, 0.15) is 17.4 Å². The molecule has 6 heteroatoms. The Hall–Kier alpha value is -2.50. The standard InChI is InChI=1S/C13H14N2O4/c1-3-19-11-6-4-5-10(18-2)12(11)8-7-9(13(16)17)15-14-8/h4-7H,3H2,1-2H3,(H,14,15)(H,16,17). The molecule has 0 aliphatic carbocycles. The van der Waals surface area contributed by atoms with E-state index >= 15 is 0 Å². The van der Waals surface area contributed by atoms with Crippen LogP contribution in [-0.2, 0) is 0 Å². The first kappa shape index (κ1) is 12.9. The third-order valence-electron chi connectivity index (χ3n) is 2.57. The van der Waals surface area contributed by atoms with E-state index in [4.69, 9.17) is 14.6 Å². The Morgan fingerprint density at radius 3 is 2.74 bits per heavy atom. The molecule has 0 aliphatic heterocycles. The van der Waals surface area contributed by atoms with E-state index in [-0.39, 0.29) is 5.69 Å². The van der Waals surface area contributed by atoms with E-state index < -0.39 is 5.97 Å².